The summed E-state index contributed by atoms with van der Waals surface area (Å²) in [7, 11) is 2.89. The quantitative estimate of drug-likeness (QED) is 0.806. The molecule has 0 radical (unpaired) electrons. The van der Waals surface area contributed by atoms with E-state index in [1.165, 1.54) is 32.7 Å². The Balaban J connectivity index is 2.20. The van der Waals surface area contributed by atoms with E-state index in [9.17, 15) is 4.79 Å². The van der Waals surface area contributed by atoms with E-state index in [1.807, 2.05) is 0 Å². The molecule has 2 heterocycles. The van der Waals surface area contributed by atoms with E-state index in [2.05, 4.69) is 25.3 Å². The van der Waals surface area contributed by atoms with Crippen LogP contribution in [0.4, 0.5) is 11.8 Å². The van der Waals surface area contributed by atoms with Gasteiger partial charge in [-0.2, -0.15) is 9.97 Å². The number of nitrogens with one attached hydrogen (secondary N) is 1. The van der Waals surface area contributed by atoms with Crippen molar-refractivity contribution in [3.63, 3.8) is 0 Å². The smallest absolute Gasteiger partial charge is 0.278 e. The molecule has 2 aromatic rings. The fourth-order valence-electron chi connectivity index (χ4n) is 1.29. The van der Waals surface area contributed by atoms with Crippen LogP contribution in [0.25, 0.3) is 0 Å². The average molecular weight is 276 g/mol. The van der Waals surface area contributed by atoms with Crippen molar-refractivity contribution in [2.75, 3.05) is 25.3 Å². The van der Waals surface area contributed by atoms with Gasteiger partial charge in [0.2, 0.25) is 17.7 Å². The van der Waals surface area contributed by atoms with E-state index in [4.69, 9.17) is 15.2 Å². The molecular formula is C11H12N6O3. The van der Waals surface area contributed by atoms with Gasteiger partial charge in [-0.1, -0.05) is 0 Å². The molecule has 9 nitrogen and oxygen atoms in total. The zero-order valence-electron chi connectivity index (χ0n) is 10.8. The van der Waals surface area contributed by atoms with E-state index in [0.29, 0.717) is 0 Å². The minimum atomic E-state index is -0.521. The zero-order chi connectivity index (χ0) is 14.5. The summed E-state index contributed by atoms with van der Waals surface area (Å²) in [4.78, 5) is 27.5. The molecule has 0 fully saturated rings. The molecule has 20 heavy (non-hydrogen) atoms. The third-order valence-corrected chi connectivity index (χ3v) is 2.23. The number of hydrogen-bond acceptors (Lipinski definition) is 8. The molecule has 104 valence electrons. The van der Waals surface area contributed by atoms with E-state index < -0.39 is 5.91 Å². The van der Waals surface area contributed by atoms with Crippen molar-refractivity contribution in [2.45, 2.75) is 0 Å². The highest BCUT2D eigenvalue weighted by atomic mass is 16.5. The molecule has 0 spiro atoms. The Hall–Kier alpha value is -2.97. The van der Waals surface area contributed by atoms with E-state index >= 15 is 0 Å². The number of amides is 1. The fraction of sp³-hybridized carbons (Fsp3) is 0.182. The summed E-state index contributed by atoms with van der Waals surface area (Å²) in [5, 5.41) is 2.46. The first-order valence-electron chi connectivity index (χ1n) is 5.48. The van der Waals surface area contributed by atoms with Crippen molar-refractivity contribution in [2.24, 2.45) is 0 Å². The number of rotatable bonds is 4. The van der Waals surface area contributed by atoms with Gasteiger partial charge in [0.25, 0.3) is 5.91 Å². The van der Waals surface area contributed by atoms with Crippen molar-refractivity contribution in [1.29, 1.82) is 0 Å². The molecule has 0 aliphatic heterocycles. The number of aromatic nitrogens is 4. The monoisotopic (exact) mass is 276 g/mol. The highest BCUT2D eigenvalue weighted by Gasteiger charge is 2.12. The largest absolute Gasteiger partial charge is 0.481 e. The zero-order valence-corrected chi connectivity index (χ0v) is 10.8. The minimum absolute atomic E-state index is 0.0322. The first-order chi connectivity index (χ1) is 9.62. The van der Waals surface area contributed by atoms with Crippen LogP contribution in [0.3, 0.4) is 0 Å². The fourth-order valence-corrected chi connectivity index (χ4v) is 1.29. The SMILES string of the molecule is COc1cc(OC)nc(NC(=O)c2cnc(N)cn2)n1. The number of carbonyl (C=O) groups excluding carboxylic acids is 1. The molecule has 0 aliphatic carbocycles. The Morgan fingerprint density at radius 3 is 2.30 bits per heavy atom. The summed E-state index contributed by atoms with van der Waals surface area (Å²) in [6.07, 6.45) is 2.53. The second kappa shape index (κ2) is 5.78. The molecule has 3 N–H and O–H groups in total. The summed E-state index contributed by atoms with van der Waals surface area (Å²) in [5.74, 6) is 0.254. The maximum absolute atomic E-state index is 11.9. The van der Waals surface area contributed by atoms with Crippen LogP contribution in [0.1, 0.15) is 10.5 Å². The Kier molecular flexibility index (Phi) is 3.89. The molecule has 1 amide bonds. The molecule has 2 aromatic heterocycles. The van der Waals surface area contributed by atoms with Crippen LogP contribution in [0, 0.1) is 0 Å². The Morgan fingerprint density at radius 1 is 1.15 bits per heavy atom. The van der Waals surface area contributed by atoms with Gasteiger partial charge in [-0.3, -0.25) is 10.1 Å². The number of methoxy groups -OCH3 is 2. The lowest BCUT2D eigenvalue weighted by molar-refractivity contribution is 0.102. The third kappa shape index (κ3) is 3.07. The molecule has 0 saturated heterocycles. The summed E-state index contributed by atoms with van der Waals surface area (Å²) < 4.78 is 9.95. The Morgan fingerprint density at radius 2 is 1.80 bits per heavy atom. The lowest BCUT2D eigenvalue weighted by Crippen LogP contribution is -2.16. The van der Waals surface area contributed by atoms with Gasteiger partial charge in [0.1, 0.15) is 11.5 Å². The highest BCUT2D eigenvalue weighted by Crippen LogP contribution is 2.17. The number of nitrogens with two attached hydrogens (primary N) is 1. The van der Waals surface area contributed by atoms with Crippen molar-refractivity contribution >= 4 is 17.7 Å². The topological polar surface area (TPSA) is 125 Å². The summed E-state index contributed by atoms with van der Waals surface area (Å²) in [6.45, 7) is 0. The highest BCUT2D eigenvalue weighted by molar-refractivity contribution is 6.01. The molecule has 0 bridgehead atoms. The van der Waals surface area contributed by atoms with E-state index in [1.54, 1.807) is 0 Å². The van der Waals surface area contributed by atoms with Crippen LogP contribution in [0.5, 0.6) is 11.8 Å². The van der Waals surface area contributed by atoms with Crippen LogP contribution < -0.4 is 20.5 Å². The third-order valence-electron chi connectivity index (χ3n) is 2.23. The number of nitrogen functional groups attached to an aromatic ring is 1. The van der Waals surface area contributed by atoms with Crippen LogP contribution >= 0.6 is 0 Å². The van der Waals surface area contributed by atoms with Crippen molar-refractivity contribution in [3.05, 3.63) is 24.2 Å². The average Bonchev–Trinajstić information content (AvgIpc) is 2.47. The molecule has 0 aliphatic rings. The summed E-state index contributed by atoms with van der Waals surface area (Å²) in [6, 6.07) is 1.48. The van der Waals surface area contributed by atoms with Crippen molar-refractivity contribution < 1.29 is 14.3 Å². The maximum Gasteiger partial charge on any atom is 0.278 e. The predicted octanol–water partition coefficient (Wildman–Crippen LogP) is 0.118. The standard InChI is InChI=1S/C11H12N6O3/c1-19-8-3-9(20-2)16-11(15-8)17-10(18)6-4-14-7(12)5-13-6/h3-5H,1-2H3,(H2,12,14)(H,15,16,17,18). The van der Waals surface area contributed by atoms with Gasteiger partial charge in [-0.05, 0) is 0 Å². The van der Waals surface area contributed by atoms with E-state index in [-0.39, 0.29) is 29.2 Å². The van der Waals surface area contributed by atoms with Gasteiger partial charge in [0.05, 0.1) is 32.7 Å². The lowest BCUT2D eigenvalue weighted by atomic mass is 10.4. The van der Waals surface area contributed by atoms with Gasteiger partial charge in [-0.25, -0.2) is 9.97 Å². The van der Waals surface area contributed by atoms with Gasteiger partial charge < -0.3 is 15.2 Å². The number of nitrogens with zero attached hydrogens (tertiary/aromatic N) is 4. The van der Waals surface area contributed by atoms with Gasteiger partial charge in [0.15, 0.2) is 0 Å². The molecule has 2 rings (SSSR count). The molecule has 0 atom stereocenters. The van der Waals surface area contributed by atoms with Crippen LogP contribution in [-0.4, -0.2) is 40.1 Å². The predicted molar refractivity (Wildman–Crippen MR) is 69.5 cm³/mol. The van der Waals surface area contributed by atoms with Crippen LogP contribution in [0.15, 0.2) is 18.5 Å². The molecular weight excluding hydrogens is 264 g/mol. The van der Waals surface area contributed by atoms with Crippen LogP contribution in [-0.2, 0) is 0 Å². The van der Waals surface area contributed by atoms with Crippen LogP contribution in [0.2, 0.25) is 0 Å². The number of hydrogen-bond donors (Lipinski definition) is 2. The minimum Gasteiger partial charge on any atom is -0.481 e. The Bertz CT molecular complexity index is 594. The molecule has 9 heteroatoms. The van der Waals surface area contributed by atoms with Gasteiger partial charge >= 0.3 is 0 Å². The number of anilines is 2. The summed E-state index contributed by atoms with van der Waals surface area (Å²) in [5.41, 5.74) is 5.48. The van der Waals surface area contributed by atoms with Crippen molar-refractivity contribution in [1.82, 2.24) is 19.9 Å². The second-order valence-electron chi connectivity index (χ2n) is 3.56. The number of carbonyl (C=O) groups is 1. The molecule has 0 saturated carbocycles. The van der Waals surface area contributed by atoms with Gasteiger partial charge in [0, 0.05) is 0 Å². The van der Waals surface area contributed by atoms with E-state index in [0.717, 1.165) is 0 Å². The molecule has 0 unspecified atom stereocenters. The van der Waals surface area contributed by atoms with Crippen molar-refractivity contribution in [3.8, 4) is 11.8 Å². The first-order valence-corrected chi connectivity index (χ1v) is 5.48. The summed E-state index contributed by atoms with van der Waals surface area (Å²) >= 11 is 0. The first kappa shape index (κ1) is 13.5. The Labute approximate surface area is 114 Å². The normalized spacial score (nSPS) is 9.90. The maximum atomic E-state index is 11.9. The lowest BCUT2D eigenvalue weighted by Gasteiger charge is -2.07. The molecule has 0 aromatic carbocycles. The number of ether oxygens (including phenoxy) is 2. The van der Waals surface area contributed by atoms with Gasteiger partial charge in [-0.15, -0.1) is 0 Å². The second-order valence-corrected chi connectivity index (χ2v) is 3.56.